The normalized spacial score (nSPS) is 14.1. The van der Waals surface area contributed by atoms with E-state index in [0.29, 0.717) is 6.04 Å². The number of rotatable bonds is 7. The second-order valence-corrected chi connectivity index (χ2v) is 3.80. The Bertz CT molecular complexity index is 107. The van der Waals surface area contributed by atoms with Crippen LogP contribution in [0, 0.1) is 0 Å². The Labute approximate surface area is 83.7 Å². The van der Waals surface area contributed by atoms with Crippen LogP contribution >= 0.6 is 0 Å². The van der Waals surface area contributed by atoms with Crippen molar-refractivity contribution in [3.63, 3.8) is 0 Å². The van der Waals surface area contributed by atoms with Gasteiger partial charge in [0.1, 0.15) is 0 Å². The summed E-state index contributed by atoms with van der Waals surface area (Å²) >= 11 is 0. The van der Waals surface area contributed by atoms with Gasteiger partial charge in [-0.1, -0.05) is 20.8 Å². The molecule has 0 aromatic rings. The molecule has 1 unspecified atom stereocenters. The van der Waals surface area contributed by atoms with E-state index in [9.17, 15) is 0 Å². The maximum atomic E-state index is 3.34. The smallest absolute Gasteiger partial charge is 0.0189 e. The summed E-state index contributed by atoms with van der Waals surface area (Å²) in [7, 11) is 4.28. The predicted molar refractivity (Wildman–Crippen MR) is 60.1 cm³/mol. The molecule has 0 aliphatic rings. The second kappa shape index (κ2) is 7.34. The first-order valence-corrected chi connectivity index (χ1v) is 5.56. The van der Waals surface area contributed by atoms with Crippen LogP contribution < -0.4 is 5.32 Å². The van der Waals surface area contributed by atoms with Crippen molar-refractivity contribution >= 4 is 0 Å². The van der Waals surface area contributed by atoms with Gasteiger partial charge in [-0.3, -0.25) is 0 Å². The summed E-state index contributed by atoms with van der Waals surface area (Å²) < 4.78 is 0. The van der Waals surface area contributed by atoms with Gasteiger partial charge in [0.15, 0.2) is 0 Å². The van der Waals surface area contributed by atoms with Gasteiger partial charge in [-0.25, -0.2) is 0 Å². The molecule has 0 saturated carbocycles. The van der Waals surface area contributed by atoms with E-state index in [-0.39, 0.29) is 0 Å². The van der Waals surface area contributed by atoms with Gasteiger partial charge >= 0.3 is 0 Å². The van der Waals surface area contributed by atoms with Gasteiger partial charge in [-0.05, 0) is 33.4 Å². The van der Waals surface area contributed by atoms with Gasteiger partial charge in [0.25, 0.3) is 0 Å². The predicted octanol–water partition coefficient (Wildman–Crippen LogP) is 2.10. The lowest BCUT2D eigenvalue weighted by molar-refractivity contribution is 0.206. The fraction of sp³-hybridized carbons (Fsp3) is 1.00. The first kappa shape index (κ1) is 12.9. The maximum Gasteiger partial charge on any atom is 0.0189 e. The number of likely N-dealkylation sites (N-methyl/N-ethyl adjacent to an activating group) is 2. The van der Waals surface area contributed by atoms with Crippen LogP contribution in [0.15, 0.2) is 0 Å². The lowest BCUT2D eigenvalue weighted by atomic mass is 10.1. The van der Waals surface area contributed by atoms with Gasteiger partial charge in [0.05, 0.1) is 0 Å². The maximum absolute atomic E-state index is 3.34. The number of hydrogen-bond acceptors (Lipinski definition) is 2. The highest BCUT2D eigenvalue weighted by Gasteiger charge is 2.13. The van der Waals surface area contributed by atoms with E-state index in [1.807, 2.05) is 0 Å². The minimum atomic E-state index is 0.644. The lowest BCUT2D eigenvalue weighted by Crippen LogP contribution is -2.41. The molecule has 0 aliphatic carbocycles. The molecular weight excluding hydrogens is 160 g/mol. The molecule has 80 valence electrons. The molecule has 0 amide bonds. The van der Waals surface area contributed by atoms with Crippen molar-refractivity contribution in [3.05, 3.63) is 0 Å². The average Bonchev–Trinajstić information content (AvgIpc) is 2.16. The third kappa shape index (κ3) is 4.63. The van der Waals surface area contributed by atoms with Crippen molar-refractivity contribution < 1.29 is 0 Å². The Kier molecular flexibility index (Phi) is 7.29. The van der Waals surface area contributed by atoms with Gasteiger partial charge < -0.3 is 10.2 Å². The van der Waals surface area contributed by atoms with Crippen molar-refractivity contribution in [3.8, 4) is 0 Å². The Morgan fingerprint density at radius 3 is 1.92 bits per heavy atom. The number of hydrogen-bond donors (Lipinski definition) is 1. The van der Waals surface area contributed by atoms with Crippen LogP contribution in [0.25, 0.3) is 0 Å². The lowest BCUT2D eigenvalue weighted by Gasteiger charge is -2.29. The summed E-state index contributed by atoms with van der Waals surface area (Å²) in [6, 6.07) is 1.40. The van der Waals surface area contributed by atoms with Crippen molar-refractivity contribution in [1.29, 1.82) is 0 Å². The van der Waals surface area contributed by atoms with E-state index < -0.39 is 0 Å². The van der Waals surface area contributed by atoms with Crippen molar-refractivity contribution in [2.24, 2.45) is 0 Å². The molecule has 0 heterocycles. The molecule has 1 atom stereocenters. The van der Waals surface area contributed by atoms with Crippen molar-refractivity contribution in [1.82, 2.24) is 10.2 Å². The fourth-order valence-electron chi connectivity index (χ4n) is 1.83. The molecule has 0 aliphatic heterocycles. The monoisotopic (exact) mass is 186 g/mol. The van der Waals surface area contributed by atoms with Crippen LogP contribution in [0.5, 0.6) is 0 Å². The Balaban J connectivity index is 3.87. The highest BCUT2D eigenvalue weighted by Crippen LogP contribution is 2.07. The molecular formula is C11H26N2. The van der Waals surface area contributed by atoms with E-state index in [1.165, 1.54) is 25.8 Å². The Morgan fingerprint density at radius 1 is 1.08 bits per heavy atom. The molecule has 0 aromatic heterocycles. The summed E-state index contributed by atoms with van der Waals surface area (Å²) in [6.07, 6.45) is 3.72. The zero-order chi connectivity index (χ0) is 10.3. The third-order valence-corrected chi connectivity index (χ3v) is 2.98. The van der Waals surface area contributed by atoms with Crippen molar-refractivity contribution in [2.45, 2.75) is 52.1 Å². The number of nitrogens with zero attached hydrogens (tertiary/aromatic N) is 1. The van der Waals surface area contributed by atoms with Gasteiger partial charge in [0, 0.05) is 18.6 Å². The van der Waals surface area contributed by atoms with Crippen LogP contribution in [0.2, 0.25) is 0 Å². The fourth-order valence-corrected chi connectivity index (χ4v) is 1.83. The van der Waals surface area contributed by atoms with Gasteiger partial charge in [-0.15, -0.1) is 0 Å². The third-order valence-electron chi connectivity index (χ3n) is 2.98. The van der Waals surface area contributed by atoms with E-state index in [0.717, 1.165) is 6.04 Å². The minimum absolute atomic E-state index is 0.644. The van der Waals surface area contributed by atoms with Gasteiger partial charge in [-0.2, -0.15) is 0 Å². The largest absolute Gasteiger partial charge is 0.316 e. The second-order valence-electron chi connectivity index (χ2n) is 3.80. The highest BCUT2D eigenvalue weighted by atomic mass is 15.1. The van der Waals surface area contributed by atoms with Gasteiger partial charge in [0.2, 0.25) is 0 Å². The topological polar surface area (TPSA) is 15.3 Å². The van der Waals surface area contributed by atoms with Crippen LogP contribution in [0.1, 0.15) is 40.0 Å². The average molecular weight is 186 g/mol. The SMILES string of the molecule is CCC(CN(C)C(CC)CC)NC. The molecule has 0 saturated heterocycles. The molecule has 0 aromatic carbocycles. The van der Waals surface area contributed by atoms with E-state index in [1.54, 1.807) is 0 Å². The summed E-state index contributed by atoms with van der Waals surface area (Å²) in [5, 5.41) is 3.34. The Hall–Kier alpha value is -0.0800. The van der Waals surface area contributed by atoms with E-state index in [2.05, 4.69) is 45.1 Å². The van der Waals surface area contributed by atoms with Crippen LogP contribution in [0.3, 0.4) is 0 Å². The molecule has 0 bridgehead atoms. The summed E-state index contributed by atoms with van der Waals surface area (Å²) in [4.78, 5) is 2.48. The Morgan fingerprint density at radius 2 is 1.62 bits per heavy atom. The molecule has 0 spiro atoms. The summed E-state index contributed by atoms with van der Waals surface area (Å²) in [5.74, 6) is 0. The first-order valence-electron chi connectivity index (χ1n) is 5.56. The highest BCUT2D eigenvalue weighted by molar-refractivity contribution is 4.72. The molecule has 13 heavy (non-hydrogen) atoms. The van der Waals surface area contributed by atoms with Crippen LogP contribution in [0.4, 0.5) is 0 Å². The molecule has 1 N–H and O–H groups in total. The standard InChI is InChI=1S/C11H26N2/c1-6-10(12-4)9-13(5)11(7-2)8-3/h10-12H,6-9H2,1-5H3. The molecule has 0 radical (unpaired) electrons. The zero-order valence-electron chi connectivity index (χ0n) is 9.93. The summed E-state index contributed by atoms with van der Waals surface area (Å²) in [6.45, 7) is 7.94. The quantitative estimate of drug-likeness (QED) is 0.655. The number of nitrogens with one attached hydrogen (secondary N) is 1. The molecule has 0 rings (SSSR count). The zero-order valence-corrected chi connectivity index (χ0v) is 9.93. The van der Waals surface area contributed by atoms with E-state index in [4.69, 9.17) is 0 Å². The minimum Gasteiger partial charge on any atom is -0.316 e. The molecule has 2 nitrogen and oxygen atoms in total. The van der Waals surface area contributed by atoms with Crippen LogP contribution in [-0.4, -0.2) is 37.6 Å². The molecule has 0 fully saturated rings. The first-order chi connectivity index (χ1) is 6.19. The summed E-state index contributed by atoms with van der Waals surface area (Å²) in [5.41, 5.74) is 0. The van der Waals surface area contributed by atoms with Crippen LogP contribution in [-0.2, 0) is 0 Å². The molecule has 2 heteroatoms. The van der Waals surface area contributed by atoms with E-state index >= 15 is 0 Å². The van der Waals surface area contributed by atoms with Crippen molar-refractivity contribution in [2.75, 3.05) is 20.6 Å².